The van der Waals surface area contributed by atoms with Crippen LogP contribution in [0, 0.1) is 6.92 Å². The van der Waals surface area contributed by atoms with Gasteiger partial charge in [-0.1, -0.05) is 51.1 Å². The van der Waals surface area contributed by atoms with Crippen LogP contribution >= 0.6 is 11.3 Å². The van der Waals surface area contributed by atoms with Gasteiger partial charge in [0.25, 0.3) is 0 Å². The Bertz CT molecular complexity index is 585. The lowest BCUT2D eigenvalue weighted by molar-refractivity contribution is 1.11. The van der Waals surface area contributed by atoms with Gasteiger partial charge >= 0.3 is 0 Å². The minimum atomic E-state index is 1.10. The lowest BCUT2D eigenvalue weighted by Crippen LogP contribution is -1.75. The zero-order valence-corrected chi connectivity index (χ0v) is 13.5. The Kier molecular flexibility index (Phi) is 6.04. The standard InChI is InChI=1S/C16H18S.C2H6/c1-5-11(3)9-15-13(6-2)14-8-7-12(4)10-16(14)17-15;1-2/h6-10H,2,5H2,1,3-4H3;1-2H3/b11-9-;. The minimum absolute atomic E-state index is 1.10. The van der Waals surface area contributed by atoms with Crippen LogP contribution in [0.3, 0.4) is 0 Å². The van der Waals surface area contributed by atoms with E-state index in [1.165, 1.54) is 31.7 Å². The lowest BCUT2D eigenvalue weighted by Gasteiger charge is -1.96. The molecule has 0 saturated heterocycles. The summed E-state index contributed by atoms with van der Waals surface area (Å²) in [6.45, 7) is 14.5. The second-order valence-corrected chi connectivity index (χ2v) is 5.51. The van der Waals surface area contributed by atoms with Crippen LogP contribution in [-0.2, 0) is 0 Å². The predicted molar refractivity (Wildman–Crippen MR) is 91.9 cm³/mol. The zero-order chi connectivity index (χ0) is 14.4. The van der Waals surface area contributed by atoms with Crippen LogP contribution < -0.4 is 0 Å². The van der Waals surface area contributed by atoms with E-state index in [2.05, 4.69) is 51.6 Å². The SMILES string of the molecule is C=Cc1c(/C=C(/C)CC)sc2cc(C)ccc12.CC. The summed E-state index contributed by atoms with van der Waals surface area (Å²) in [6, 6.07) is 6.63. The molecule has 1 aromatic heterocycles. The van der Waals surface area contributed by atoms with Gasteiger partial charge in [-0.05, 0) is 43.5 Å². The van der Waals surface area contributed by atoms with E-state index in [0.29, 0.717) is 0 Å². The number of benzene rings is 1. The summed E-state index contributed by atoms with van der Waals surface area (Å²) in [5.74, 6) is 0. The fraction of sp³-hybridized carbons (Fsp3) is 0.333. The Morgan fingerprint density at radius 2 is 2.00 bits per heavy atom. The predicted octanol–water partition coefficient (Wildman–Crippen LogP) is 6.69. The normalized spacial score (nSPS) is 11.1. The van der Waals surface area contributed by atoms with Gasteiger partial charge in [0.15, 0.2) is 0 Å². The molecule has 0 bridgehead atoms. The number of fused-ring (bicyclic) bond motifs is 1. The highest BCUT2D eigenvalue weighted by Crippen LogP contribution is 2.34. The molecule has 0 radical (unpaired) electrons. The quantitative estimate of drug-likeness (QED) is 0.583. The average Bonchev–Trinajstić information content (AvgIpc) is 2.76. The molecule has 0 fully saturated rings. The molecule has 2 aromatic rings. The first-order valence-electron chi connectivity index (χ1n) is 6.98. The van der Waals surface area contributed by atoms with Crippen LogP contribution in [0.5, 0.6) is 0 Å². The maximum Gasteiger partial charge on any atom is 0.0358 e. The van der Waals surface area contributed by atoms with E-state index >= 15 is 0 Å². The molecule has 0 atom stereocenters. The van der Waals surface area contributed by atoms with Crippen LogP contribution in [0.1, 0.15) is 50.1 Å². The van der Waals surface area contributed by atoms with E-state index in [4.69, 9.17) is 0 Å². The summed E-state index contributed by atoms with van der Waals surface area (Å²) in [5, 5.41) is 1.32. The molecule has 1 heteroatoms. The summed E-state index contributed by atoms with van der Waals surface area (Å²) in [4.78, 5) is 1.33. The average molecular weight is 272 g/mol. The molecular formula is C18H24S. The first-order valence-corrected chi connectivity index (χ1v) is 7.80. The number of hydrogen-bond acceptors (Lipinski definition) is 1. The van der Waals surface area contributed by atoms with Gasteiger partial charge in [0.05, 0.1) is 0 Å². The summed E-state index contributed by atoms with van der Waals surface area (Å²) in [5.41, 5.74) is 4.01. The van der Waals surface area contributed by atoms with Gasteiger partial charge in [0.2, 0.25) is 0 Å². The molecule has 1 aromatic carbocycles. The third kappa shape index (κ3) is 3.57. The van der Waals surface area contributed by atoms with Crippen LogP contribution in [-0.4, -0.2) is 0 Å². The van der Waals surface area contributed by atoms with E-state index < -0.39 is 0 Å². The van der Waals surface area contributed by atoms with Gasteiger partial charge < -0.3 is 0 Å². The van der Waals surface area contributed by atoms with Gasteiger partial charge in [-0.2, -0.15) is 0 Å². The van der Waals surface area contributed by atoms with Crippen molar-refractivity contribution < 1.29 is 0 Å². The second-order valence-electron chi connectivity index (χ2n) is 4.43. The minimum Gasteiger partial charge on any atom is -0.135 e. The van der Waals surface area contributed by atoms with Crippen LogP contribution in [0.4, 0.5) is 0 Å². The molecule has 19 heavy (non-hydrogen) atoms. The van der Waals surface area contributed by atoms with Crippen molar-refractivity contribution in [2.75, 3.05) is 0 Å². The number of thiophene rings is 1. The van der Waals surface area contributed by atoms with E-state index in [-0.39, 0.29) is 0 Å². The third-order valence-electron chi connectivity index (χ3n) is 3.05. The third-order valence-corrected chi connectivity index (χ3v) is 4.17. The Balaban J connectivity index is 0.000000861. The molecule has 0 aliphatic carbocycles. The molecule has 0 unspecified atom stereocenters. The number of rotatable bonds is 3. The summed E-state index contributed by atoms with van der Waals surface area (Å²) in [7, 11) is 0. The summed E-state index contributed by atoms with van der Waals surface area (Å²) in [6.07, 6.45) is 5.36. The largest absolute Gasteiger partial charge is 0.135 e. The first kappa shape index (κ1) is 15.7. The molecule has 2 rings (SSSR count). The summed E-state index contributed by atoms with van der Waals surface area (Å²) < 4.78 is 1.36. The van der Waals surface area contributed by atoms with Gasteiger partial charge in [-0.3, -0.25) is 0 Å². The van der Waals surface area contributed by atoms with E-state index in [9.17, 15) is 0 Å². The van der Waals surface area contributed by atoms with Crippen molar-refractivity contribution in [3.63, 3.8) is 0 Å². The van der Waals surface area contributed by atoms with Crippen molar-refractivity contribution in [2.24, 2.45) is 0 Å². The van der Waals surface area contributed by atoms with E-state index in [1.807, 2.05) is 31.3 Å². The number of allylic oxidation sites excluding steroid dienone is 1. The molecule has 0 nitrogen and oxygen atoms in total. The molecule has 0 saturated carbocycles. The van der Waals surface area contributed by atoms with Crippen molar-refractivity contribution in [1.29, 1.82) is 0 Å². The molecule has 1 heterocycles. The molecule has 0 spiro atoms. The highest BCUT2D eigenvalue weighted by molar-refractivity contribution is 7.20. The van der Waals surface area contributed by atoms with Gasteiger partial charge in [-0.25, -0.2) is 0 Å². The fourth-order valence-electron chi connectivity index (χ4n) is 1.89. The van der Waals surface area contributed by atoms with Gasteiger partial charge in [0.1, 0.15) is 0 Å². The highest BCUT2D eigenvalue weighted by atomic mass is 32.1. The Morgan fingerprint density at radius 3 is 2.58 bits per heavy atom. The van der Waals surface area contributed by atoms with Crippen LogP contribution in [0.2, 0.25) is 0 Å². The van der Waals surface area contributed by atoms with Gasteiger partial charge in [-0.15, -0.1) is 11.3 Å². The molecule has 0 aliphatic rings. The van der Waals surface area contributed by atoms with Gasteiger partial charge in [0, 0.05) is 15.0 Å². The van der Waals surface area contributed by atoms with E-state index in [1.54, 1.807) is 0 Å². The Hall–Kier alpha value is -1.34. The number of aryl methyl sites for hydroxylation is 1. The Labute approximate surface area is 121 Å². The molecule has 0 aliphatic heterocycles. The topological polar surface area (TPSA) is 0 Å². The zero-order valence-electron chi connectivity index (χ0n) is 12.7. The van der Waals surface area contributed by atoms with Crippen molar-refractivity contribution in [3.8, 4) is 0 Å². The lowest BCUT2D eigenvalue weighted by atomic mass is 10.1. The van der Waals surface area contributed by atoms with Crippen molar-refractivity contribution in [2.45, 2.75) is 41.0 Å². The fourth-order valence-corrected chi connectivity index (χ4v) is 3.22. The number of hydrogen-bond donors (Lipinski definition) is 0. The smallest absolute Gasteiger partial charge is 0.0358 e. The van der Waals surface area contributed by atoms with Crippen molar-refractivity contribution >= 4 is 33.6 Å². The highest BCUT2D eigenvalue weighted by Gasteiger charge is 2.07. The van der Waals surface area contributed by atoms with Crippen LogP contribution in [0.15, 0.2) is 30.4 Å². The molecule has 102 valence electrons. The first-order chi connectivity index (χ1) is 9.15. The van der Waals surface area contributed by atoms with Crippen molar-refractivity contribution in [1.82, 2.24) is 0 Å². The summed E-state index contributed by atoms with van der Waals surface area (Å²) >= 11 is 1.86. The molecular weight excluding hydrogens is 248 g/mol. The van der Waals surface area contributed by atoms with Crippen molar-refractivity contribution in [3.05, 3.63) is 46.4 Å². The van der Waals surface area contributed by atoms with Crippen LogP contribution in [0.25, 0.3) is 22.2 Å². The monoisotopic (exact) mass is 272 g/mol. The maximum atomic E-state index is 3.95. The van der Waals surface area contributed by atoms with E-state index in [0.717, 1.165) is 6.42 Å². The second kappa shape index (κ2) is 7.30. The maximum absolute atomic E-state index is 3.95. The molecule has 0 N–H and O–H groups in total. The molecule has 0 amide bonds. The Morgan fingerprint density at radius 1 is 1.32 bits per heavy atom.